The first kappa shape index (κ1) is 18.9. The zero-order chi connectivity index (χ0) is 20.3. The van der Waals surface area contributed by atoms with E-state index in [1.54, 1.807) is 59.2 Å². The Bertz CT molecular complexity index is 1170. The molecule has 0 spiro atoms. The van der Waals surface area contributed by atoms with Crippen LogP contribution < -0.4 is 11.2 Å². The number of ether oxygens (including phenoxy) is 1. The van der Waals surface area contributed by atoms with Gasteiger partial charge in [0.1, 0.15) is 18.2 Å². The molecule has 0 fully saturated rings. The number of carbonyl (C=O) groups excluding carboxylic acids is 2. The van der Waals surface area contributed by atoms with Gasteiger partial charge in [-0.3, -0.25) is 14.4 Å². The fourth-order valence-electron chi connectivity index (χ4n) is 3.01. The maximum absolute atomic E-state index is 12.7. The van der Waals surface area contributed by atoms with E-state index < -0.39 is 18.4 Å². The molecule has 1 aromatic heterocycles. The second-order valence-corrected chi connectivity index (χ2v) is 6.20. The van der Waals surface area contributed by atoms with Crippen molar-refractivity contribution in [1.82, 2.24) is 4.57 Å². The summed E-state index contributed by atoms with van der Waals surface area (Å²) in [5, 5.41) is 9.92. The molecule has 0 saturated carbocycles. The molecule has 0 amide bonds. The summed E-state index contributed by atoms with van der Waals surface area (Å²) in [6.07, 6.45) is 0. The molecule has 7 heteroatoms. The van der Waals surface area contributed by atoms with Gasteiger partial charge in [0, 0.05) is 16.5 Å². The number of pyridine rings is 1. The summed E-state index contributed by atoms with van der Waals surface area (Å²) in [6, 6.07) is 15.6. The number of carbonyl (C=O) groups is 2. The minimum atomic E-state index is -0.667. The maximum Gasteiger partial charge on any atom is 0.326 e. The average Bonchev–Trinajstić information content (AvgIpc) is 2.70. The van der Waals surface area contributed by atoms with Crippen molar-refractivity contribution in [2.45, 2.75) is 13.5 Å². The van der Waals surface area contributed by atoms with Crippen molar-refractivity contribution in [2.24, 2.45) is 5.73 Å². The van der Waals surface area contributed by atoms with Crippen LogP contribution in [-0.4, -0.2) is 22.9 Å². The number of benzene rings is 2. The minimum Gasteiger partial charge on any atom is -0.456 e. The molecule has 28 heavy (non-hydrogen) atoms. The van der Waals surface area contributed by atoms with Crippen molar-refractivity contribution in [2.75, 3.05) is 6.61 Å². The van der Waals surface area contributed by atoms with E-state index in [4.69, 9.17) is 15.7 Å². The summed E-state index contributed by atoms with van der Waals surface area (Å²) in [7, 11) is 0. The molecule has 2 N–H and O–H groups in total. The van der Waals surface area contributed by atoms with E-state index in [0.29, 0.717) is 21.8 Å². The molecule has 0 radical (unpaired) electrons. The highest BCUT2D eigenvalue weighted by Gasteiger charge is 2.17. The summed E-state index contributed by atoms with van der Waals surface area (Å²) in [6.45, 7) is 0.658. The van der Waals surface area contributed by atoms with Gasteiger partial charge >= 0.3 is 5.97 Å². The summed E-state index contributed by atoms with van der Waals surface area (Å²) in [4.78, 5) is 37.0. The van der Waals surface area contributed by atoms with Crippen LogP contribution in [0, 0.1) is 11.3 Å². The number of allylic oxidation sites excluding steroid dienone is 1. The predicted octanol–water partition coefficient (Wildman–Crippen LogP) is 2.02. The van der Waals surface area contributed by atoms with Gasteiger partial charge in [-0.15, -0.1) is 0 Å². The van der Waals surface area contributed by atoms with E-state index in [1.807, 2.05) is 0 Å². The van der Waals surface area contributed by atoms with E-state index in [0.717, 1.165) is 0 Å². The lowest BCUT2D eigenvalue weighted by Gasteiger charge is -2.14. The molecular formula is C21H17N3O4. The number of para-hydroxylation sites is 2. The predicted molar refractivity (Wildman–Crippen MR) is 104 cm³/mol. The Hall–Kier alpha value is -3.92. The SMILES string of the molecule is C/C(N)=C(/C#N)C(=O)COC(=O)Cn1c2ccccc2c(=O)c2ccccc21. The Morgan fingerprint density at radius 2 is 1.61 bits per heavy atom. The van der Waals surface area contributed by atoms with Crippen LogP contribution in [0.2, 0.25) is 0 Å². The van der Waals surface area contributed by atoms with Gasteiger partial charge in [-0.1, -0.05) is 24.3 Å². The van der Waals surface area contributed by atoms with Crippen LogP contribution in [0.1, 0.15) is 6.92 Å². The number of ketones is 1. The largest absolute Gasteiger partial charge is 0.456 e. The number of nitrogens with two attached hydrogens (primary N) is 1. The lowest BCUT2D eigenvalue weighted by Crippen LogP contribution is -2.22. The number of hydrogen-bond donors (Lipinski definition) is 1. The topological polar surface area (TPSA) is 115 Å². The van der Waals surface area contributed by atoms with Crippen LogP contribution >= 0.6 is 0 Å². The maximum atomic E-state index is 12.7. The van der Waals surface area contributed by atoms with Gasteiger partial charge in [0.05, 0.1) is 11.0 Å². The molecule has 7 nitrogen and oxygen atoms in total. The second-order valence-electron chi connectivity index (χ2n) is 6.20. The highest BCUT2D eigenvalue weighted by atomic mass is 16.5. The first-order chi connectivity index (χ1) is 13.4. The smallest absolute Gasteiger partial charge is 0.326 e. The third-order valence-corrected chi connectivity index (χ3v) is 4.32. The number of nitrogens with zero attached hydrogens (tertiary/aromatic N) is 2. The highest BCUT2D eigenvalue weighted by Crippen LogP contribution is 2.19. The van der Waals surface area contributed by atoms with E-state index in [2.05, 4.69) is 0 Å². The van der Waals surface area contributed by atoms with Crippen LogP contribution in [-0.2, 0) is 20.9 Å². The van der Waals surface area contributed by atoms with Crippen molar-refractivity contribution in [3.8, 4) is 6.07 Å². The third-order valence-electron chi connectivity index (χ3n) is 4.32. The van der Waals surface area contributed by atoms with Crippen molar-refractivity contribution in [1.29, 1.82) is 5.26 Å². The van der Waals surface area contributed by atoms with Gasteiger partial charge in [-0.2, -0.15) is 5.26 Å². The van der Waals surface area contributed by atoms with Gasteiger partial charge in [0.25, 0.3) is 0 Å². The Morgan fingerprint density at radius 3 is 2.11 bits per heavy atom. The quantitative estimate of drug-likeness (QED) is 0.316. The van der Waals surface area contributed by atoms with Gasteiger partial charge in [-0.05, 0) is 31.2 Å². The molecule has 0 aliphatic rings. The Morgan fingerprint density at radius 1 is 1.07 bits per heavy atom. The van der Waals surface area contributed by atoms with Gasteiger partial charge < -0.3 is 15.0 Å². The first-order valence-electron chi connectivity index (χ1n) is 8.49. The molecule has 140 valence electrons. The number of aromatic nitrogens is 1. The van der Waals surface area contributed by atoms with Crippen LogP contribution in [0.4, 0.5) is 0 Å². The molecule has 0 aliphatic carbocycles. The fraction of sp³-hybridized carbons (Fsp3) is 0.143. The first-order valence-corrected chi connectivity index (χ1v) is 8.49. The molecule has 0 aliphatic heterocycles. The zero-order valence-electron chi connectivity index (χ0n) is 15.1. The number of esters is 1. The Labute approximate surface area is 160 Å². The standard InChI is InChI=1S/C21H17N3O4/c1-13(23)16(10-22)19(25)12-28-20(26)11-24-17-8-4-2-6-14(17)21(27)15-7-3-5-9-18(15)24/h2-9H,11-12,23H2,1H3/b16-13+. The Kier molecular flexibility index (Phi) is 5.23. The lowest BCUT2D eigenvalue weighted by atomic mass is 10.1. The molecule has 0 atom stereocenters. The normalized spacial score (nSPS) is 11.7. The molecular weight excluding hydrogens is 358 g/mol. The molecule has 0 unspecified atom stereocenters. The summed E-state index contributed by atoms with van der Waals surface area (Å²) in [5.74, 6) is -1.33. The molecule has 3 aromatic rings. The summed E-state index contributed by atoms with van der Waals surface area (Å²) in [5.41, 5.74) is 6.38. The highest BCUT2D eigenvalue weighted by molar-refractivity contribution is 6.01. The Balaban J connectivity index is 1.94. The zero-order valence-corrected chi connectivity index (χ0v) is 15.1. The molecule has 1 heterocycles. The summed E-state index contributed by atoms with van der Waals surface area (Å²) >= 11 is 0. The van der Waals surface area contributed by atoms with Crippen molar-refractivity contribution in [3.63, 3.8) is 0 Å². The number of fused-ring (bicyclic) bond motifs is 2. The van der Waals surface area contributed by atoms with E-state index in [1.165, 1.54) is 6.92 Å². The minimum absolute atomic E-state index is 0.0703. The van der Waals surface area contributed by atoms with Gasteiger partial charge in [0.15, 0.2) is 12.0 Å². The van der Waals surface area contributed by atoms with Crippen LogP contribution in [0.5, 0.6) is 0 Å². The van der Waals surface area contributed by atoms with Crippen molar-refractivity contribution in [3.05, 3.63) is 70.0 Å². The van der Waals surface area contributed by atoms with Gasteiger partial charge in [-0.25, -0.2) is 0 Å². The molecule has 0 saturated heterocycles. The van der Waals surface area contributed by atoms with Crippen LogP contribution in [0.25, 0.3) is 21.8 Å². The molecule has 0 bridgehead atoms. The number of hydrogen-bond acceptors (Lipinski definition) is 6. The fourth-order valence-corrected chi connectivity index (χ4v) is 3.01. The third kappa shape index (κ3) is 3.48. The van der Waals surface area contributed by atoms with Gasteiger partial charge in [0.2, 0.25) is 5.78 Å². The van der Waals surface area contributed by atoms with Crippen molar-refractivity contribution < 1.29 is 14.3 Å². The van der Waals surface area contributed by atoms with E-state index in [-0.39, 0.29) is 23.2 Å². The number of rotatable bonds is 5. The molecule has 3 rings (SSSR count). The summed E-state index contributed by atoms with van der Waals surface area (Å²) < 4.78 is 6.72. The van der Waals surface area contributed by atoms with E-state index in [9.17, 15) is 14.4 Å². The number of Topliss-reactive ketones (excluding diaryl/α,β-unsaturated/α-hetero) is 1. The van der Waals surface area contributed by atoms with E-state index >= 15 is 0 Å². The number of nitriles is 1. The van der Waals surface area contributed by atoms with Crippen LogP contribution in [0.15, 0.2) is 64.6 Å². The lowest BCUT2D eigenvalue weighted by molar-refractivity contribution is -0.147. The average molecular weight is 375 g/mol. The monoisotopic (exact) mass is 375 g/mol. The van der Waals surface area contributed by atoms with Crippen molar-refractivity contribution >= 4 is 33.6 Å². The molecule has 2 aromatic carbocycles. The van der Waals surface area contributed by atoms with Crippen LogP contribution in [0.3, 0.4) is 0 Å². The second kappa shape index (κ2) is 7.76.